The van der Waals surface area contributed by atoms with Crippen LogP contribution < -0.4 is 15.9 Å². The maximum atomic E-state index is 14.3. The highest BCUT2D eigenvalue weighted by molar-refractivity contribution is 7.59. The first-order valence-corrected chi connectivity index (χ1v) is 15.3. The maximum Gasteiger partial charge on any atom is 0.326 e. The van der Waals surface area contributed by atoms with Crippen LogP contribution in [-0.4, -0.2) is 63.2 Å². The summed E-state index contributed by atoms with van der Waals surface area (Å²) in [4.78, 5) is 34.3. The Morgan fingerprint density at radius 2 is 1.56 bits per heavy atom. The number of carbonyl (C=O) groups is 2. The summed E-state index contributed by atoms with van der Waals surface area (Å²) in [7, 11) is -3.73. The number of fused-ring (bicyclic) bond motifs is 1. The zero-order valence-electron chi connectivity index (χ0n) is 24.3. The number of aromatic nitrogens is 3. The number of nitrogens with one attached hydrogen (secondary N) is 2. The quantitative estimate of drug-likeness (QED) is 0.144. The van der Waals surface area contributed by atoms with Gasteiger partial charge in [-0.25, -0.2) is 20.1 Å². The SMILES string of the molecule is CCCCOC(=O)C(C)(C)NP(=O)(CO[C@H](C)Cn1cnc2c(N)ccnc21)NC(C)(C)C(=O)OCCCC. The minimum Gasteiger partial charge on any atom is -0.464 e. The summed E-state index contributed by atoms with van der Waals surface area (Å²) in [5.74, 6) is -1.11. The molecule has 0 spiro atoms. The topological polar surface area (TPSA) is 160 Å². The van der Waals surface area contributed by atoms with Crippen molar-refractivity contribution in [2.45, 2.75) is 97.9 Å². The summed E-state index contributed by atoms with van der Waals surface area (Å²) in [6.07, 6.45) is 5.67. The molecule has 0 aliphatic heterocycles. The summed E-state index contributed by atoms with van der Waals surface area (Å²) in [5.41, 5.74) is 5.05. The van der Waals surface area contributed by atoms with Gasteiger partial charge in [0.05, 0.1) is 37.9 Å². The third-order valence-electron chi connectivity index (χ3n) is 5.93. The maximum absolute atomic E-state index is 14.3. The van der Waals surface area contributed by atoms with Crippen molar-refractivity contribution in [3.63, 3.8) is 0 Å². The molecule has 2 aromatic rings. The van der Waals surface area contributed by atoms with E-state index in [0.29, 0.717) is 23.4 Å². The second-order valence-electron chi connectivity index (χ2n) is 10.8. The van der Waals surface area contributed by atoms with Crippen LogP contribution in [0, 0.1) is 0 Å². The van der Waals surface area contributed by atoms with Crippen LogP contribution in [-0.2, 0) is 34.9 Å². The Hall–Kier alpha value is -2.53. The molecule has 0 bridgehead atoms. The number of hydrogen-bond donors (Lipinski definition) is 3. The monoisotopic (exact) mass is 568 g/mol. The van der Waals surface area contributed by atoms with Gasteiger partial charge in [-0.15, -0.1) is 0 Å². The van der Waals surface area contributed by atoms with E-state index in [9.17, 15) is 14.2 Å². The van der Waals surface area contributed by atoms with Crippen LogP contribution in [0.1, 0.15) is 74.1 Å². The number of anilines is 1. The number of pyridine rings is 1. The normalized spacial score (nSPS) is 13.4. The first-order chi connectivity index (χ1) is 18.2. The molecule has 0 radical (unpaired) electrons. The number of rotatable bonds is 17. The lowest BCUT2D eigenvalue weighted by atomic mass is 10.1. The Labute approximate surface area is 231 Å². The van der Waals surface area contributed by atoms with Gasteiger partial charge in [0.2, 0.25) is 7.44 Å². The zero-order valence-corrected chi connectivity index (χ0v) is 25.2. The minimum absolute atomic E-state index is 0.262. The third kappa shape index (κ3) is 9.56. The number of ether oxygens (including phenoxy) is 3. The molecule has 0 saturated carbocycles. The Morgan fingerprint density at radius 3 is 2.08 bits per heavy atom. The van der Waals surface area contributed by atoms with Crippen LogP contribution in [0.25, 0.3) is 11.2 Å². The van der Waals surface area contributed by atoms with Crippen molar-refractivity contribution < 1.29 is 28.4 Å². The number of nitrogen functional groups attached to an aromatic ring is 1. The van der Waals surface area contributed by atoms with Gasteiger partial charge in [-0.2, -0.15) is 0 Å². The van der Waals surface area contributed by atoms with E-state index in [1.807, 2.05) is 20.8 Å². The molecule has 1 atom stereocenters. The van der Waals surface area contributed by atoms with Crippen molar-refractivity contribution in [1.82, 2.24) is 24.7 Å². The van der Waals surface area contributed by atoms with Gasteiger partial charge in [-0.3, -0.25) is 14.2 Å². The predicted octanol–water partition coefficient (Wildman–Crippen LogP) is 3.99. The highest BCUT2D eigenvalue weighted by Gasteiger charge is 2.43. The smallest absolute Gasteiger partial charge is 0.326 e. The van der Waals surface area contributed by atoms with Crippen molar-refractivity contribution in [1.29, 1.82) is 0 Å². The van der Waals surface area contributed by atoms with E-state index in [0.717, 1.165) is 25.7 Å². The lowest BCUT2D eigenvalue weighted by Crippen LogP contribution is -2.54. The van der Waals surface area contributed by atoms with E-state index in [-0.39, 0.29) is 19.6 Å². The van der Waals surface area contributed by atoms with E-state index in [1.165, 1.54) is 0 Å². The molecule has 220 valence electrons. The van der Waals surface area contributed by atoms with E-state index >= 15 is 0 Å². The number of nitrogens with zero attached hydrogens (tertiary/aromatic N) is 3. The molecule has 0 aromatic carbocycles. The molecule has 0 aliphatic rings. The average molecular weight is 569 g/mol. The van der Waals surface area contributed by atoms with Gasteiger partial charge in [0.1, 0.15) is 22.9 Å². The van der Waals surface area contributed by atoms with E-state index in [1.54, 1.807) is 50.9 Å². The molecular formula is C26H45N6O6P. The number of unbranched alkanes of at least 4 members (excludes halogenated alkanes) is 2. The fourth-order valence-corrected chi connectivity index (χ4v) is 6.38. The van der Waals surface area contributed by atoms with Gasteiger partial charge in [-0.1, -0.05) is 26.7 Å². The zero-order chi connectivity index (χ0) is 29.3. The molecule has 0 fully saturated rings. The van der Waals surface area contributed by atoms with E-state index < -0.39 is 36.6 Å². The molecule has 0 aliphatic carbocycles. The minimum atomic E-state index is -3.73. The van der Waals surface area contributed by atoms with Crippen molar-refractivity contribution in [2.24, 2.45) is 0 Å². The number of hydrogen-bond acceptors (Lipinski definition) is 9. The standard InChI is InChI=1S/C26H45N6O6P/c1-8-10-14-36-23(33)25(4,5)30-39(35,31-26(6,7)24(34)37-15-11-9-2)18-38-19(3)16-32-17-29-21-20(27)12-13-28-22(21)32/h12-13,17,19H,8-11,14-16,18H2,1-7H3,(H2,27,28)(H2,30,31,35)/t19-/m1/s1. The molecule has 2 rings (SSSR count). The molecule has 2 aromatic heterocycles. The van der Waals surface area contributed by atoms with Gasteiger partial charge < -0.3 is 24.5 Å². The van der Waals surface area contributed by atoms with Crippen molar-refractivity contribution in [3.8, 4) is 0 Å². The molecule has 39 heavy (non-hydrogen) atoms. The fourth-order valence-electron chi connectivity index (χ4n) is 3.74. The van der Waals surface area contributed by atoms with Gasteiger partial charge in [-0.05, 0) is 53.5 Å². The molecule has 13 heteroatoms. The van der Waals surface area contributed by atoms with Crippen LogP contribution >= 0.6 is 7.44 Å². The van der Waals surface area contributed by atoms with Crippen LogP contribution in [0.5, 0.6) is 0 Å². The van der Waals surface area contributed by atoms with Crippen molar-refractivity contribution in [2.75, 3.05) is 25.3 Å². The van der Waals surface area contributed by atoms with E-state index in [2.05, 4.69) is 20.1 Å². The lowest BCUT2D eigenvalue weighted by Gasteiger charge is -2.35. The Bertz CT molecular complexity index is 1110. The van der Waals surface area contributed by atoms with Gasteiger partial charge >= 0.3 is 11.9 Å². The lowest BCUT2D eigenvalue weighted by molar-refractivity contribution is -0.149. The van der Waals surface area contributed by atoms with Crippen LogP contribution in [0.3, 0.4) is 0 Å². The summed E-state index contributed by atoms with van der Waals surface area (Å²) < 4.78 is 32.8. The molecule has 0 amide bonds. The van der Waals surface area contributed by atoms with Gasteiger partial charge in [0, 0.05) is 6.20 Å². The molecule has 0 saturated heterocycles. The van der Waals surface area contributed by atoms with Crippen LogP contribution in [0.15, 0.2) is 18.6 Å². The van der Waals surface area contributed by atoms with Crippen LogP contribution in [0.2, 0.25) is 0 Å². The Morgan fingerprint density at radius 1 is 1.03 bits per heavy atom. The third-order valence-corrected chi connectivity index (χ3v) is 8.29. The van der Waals surface area contributed by atoms with Gasteiger partial charge in [0.25, 0.3) is 0 Å². The Kier molecular flexibility index (Phi) is 11.9. The molecule has 0 unspecified atom stereocenters. The number of imidazole rings is 1. The Balaban J connectivity index is 2.20. The highest BCUT2D eigenvalue weighted by atomic mass is 31.2. The van der Waals surface area contributed by atoms with Crippen LogP contribution in [0.4, 0.5) is 5.69 Å². The summed E-state index contributed by atoms with van der Waals surface area (Å²) in [6.45, 7) is 13.0. The average Bonchev–Trinajstić information content (AvgIpc) is 3.26. The predicted molar refractivity (Wildman–Crippen MR) is 151 cm³/mol. The highest BCUT2D eigenvalue weighted by Crippen LogP contribution is 2.42. The number of carbonyl (C=O) groups excluding carboxylic acids is 2. The fraction of sp³-hybridized carbons (Fsp3) is 0.692. The first-order valence-electron chi connectivity index (χ1n) is 13.4. The number of esters is 2. The molecule has 4 N–H and O–H groups in total. The largest absolute Gasteiger partial charge is 0.464 e. The number of nitrogens with two attached hydrogens (primary N) is 1. The summed E-state index contributed by atoms with van der Waals surface area (Å²) in [5, 5.41) is 5.83. The van der Waals surface area contributed by atoms with Crippen molar-refractivity contribution in [3.05, 3.63) is 18.6 Å². The second-order valence-corrected chi connectivity index (χ2v) is 13.0. The first kappa shape index (κ1) is 32.7. The summed E-state index contributed by atoms with van der Waals surface area (Å²) in [6, 6.07) is 1.68. The molecular weight excluding hydrogens is 523 g/mol. The van der Waals surface area contributed by atoms with E-state index in [4.69, 9.17) is 19.9 Å². The molecule has 12 nitrogen and oxygen atoms in total. The molecule has 2 heterocycles. The van der Waals surface area contributed by atoms with Crippen molar-refractivity contribution >= 4 is 36.2 Å². The van der Waals surface area contributed by atoms with Gasteiger partial charge in [0.15, 0.2) is 5.65 Å². The summed E-state index contributed by atoms with van der Waals surface area (Å²) >= 11 is 0. The second kappa shape index (κ2) is 14.2.